The molecule has 0 aliphatic heterocycles. The smallest absolute Gasteiger partial charge is 0.149 e. The first-order valence-corrected chi connectivity index (χ1v) is 5.70. The minimum absolute atomic E-state index is 0.760. The van der Waals surface area contributed by atoms with E-state index >= 15 is 0 Å². The van der Waals surface area contributed by atoms with Gasteiger partial charge in [0.2, 0.25) is 0 Å². The fraction of sp³-hybridized carbons (Fsp3) is 0.417. The van der Waals surface area contributed by atoms with Crippen LogP contribution in [0.1, 0.15) is 24.0 Å². The van der Waals surface area contributed by atoms with Crippen LogP contribution in [0.4, 0.5) is 11.5 Å². The molecule has 0 spiro atoms. The highest BCUT2D eigenvalue weighted by Gasteiger charge is 2.07. The standard InChI is InChI=1S/C12H17N5/c1-5-10-11(7-17(4)16-10)15-12-6-13-8(2)9(3)14-12/h6-7H,5H2,1-4H3,(H,14,15). The van der Waals surface area contributed by atoms with Gasteiger partial charge in [-0.15, -0.1) is 0 Å². The number of nitrogens with one attached hydrogen (secondary N) is 1. The number of aryl methyl sites for hydroxylation is 4. The van der Waals surface area contributed by atoms with E-state index in [1.54, 1.807) is 10.9 Å². The molecule has 0 amide bonds. The number of hydrogen-bond acceptors (Lipinski definition) is 4. The molecule has 2 heterocycles. The highest BCUT2D eigenvalue weighted by atomic mass is 15.3. The minimum atomic E-state index is 0.760. The van der Waals surface area contributed by atoms with Gasteiger partial charge in [0.15, 0.2) is 0 Å². The summed E-state index contributed by atoms with van der Waals surface area (Å²) >= 11 is 0. The molecule has 5 nitrogen and oxygen atoms in total. The second kappa shape index (κ2) is 4.53. The summed E-state index contributed by atoms with van der Waals surface area (Å²) in [6.45, 7) is 5.99. The van der Waals surface area contributed by atoms with Crippen molar-refractivity contribution in [3.8, 4) is 0 Å². The SMILES string of the molecule is CCc1nn(C)cc1Nc1cnc(C)c(C)n1. The Morgan fingerprint density at radius 2 is 2.06 bits per heavy atom. The van der Waals surface area contributed by atoms with Crippen molar-refractivity contribution in [3.63, 3.8) is 0 Å². The Labute approximate surface area is 101 Å². The number of nitrogens with zero attached hydrogens (tertiary/aromatic N) is 4. The molecule has 90 valence electrons. The fourth-order valence-electron chi connectivity index (χ4n) is 1.64. The van der Waals surface area contributed by atoms with Crippen LogP contribution < -0.4 is 5.32 Å². The Kier molecular flexibility index (Phi) is 3.08. The van der Waals surface area contributed by atoms with Gasteiger partial charge in [-0.25, -0.2) is 4.98 Å². The summed E-state index contributed by atoms with van der Waals surface area (Å²) < 4.78 is 1.80. The van der Waals surface area contributed by atoms with E-state index in [4.69, 9.17) is 0 Å². The normalized spacial score (nSPS) is 10.6. The van der Waals surface area contributed by atoms with E-state index in [2.05, 4.69) is 27.3 Å². The molecule has 0 aromatic carbocycles. The molecule has 0 aliphatic rings. The van der Waals surface area contributed by atoms with Crippen molar-refractivity contribution in [2.45, 2.75) is 27.2 Å². The molecular weight excluding hydrogens is 214 g/mol. The van der Waals surface area contributed by atoms with Gasteiger partial charge in [0, 0.05) is 13.2 Å². The van der Waals surface area contributed by atoms with Crippen LogP contribution in [-0.2, 0) is 13.5 Å². The van der Waals surface area contributed by atoms with E-state index in [0.717, 1.165) is 35.0 Å². The molecule has 0 fully saturated rings. The number of hydrogen-bond donors (Lipinski definition) is 1. The van der Waals surface area contributed by atoms with Crippen LogP contribution in [0.15, 0.2) is 12.4 Å². The van der Waals surface area contributed by atoms with Gasteiger partial charge in [0.05, 0.1) is 29.0 Å². The van der Waals surface area contributed by atoms with Crippen molar-refractivity contribution in [1.82, 2.24) is 19.7 Å². The van der Waals surface area contributed by atoms with Crippen LogP contribution in [0, 0.1) is 13.8 Å². The zero-order valence-corrected chi connectivity index (χ0v) is 10.7. The van der Waals surface area contributed by atoms with Gasteiger partial charge in [0.1, 0.15) is 5.82 Å². The predicted octanol–water partition coefficient (Wildman–Crippen LogP) is 2.13. The van der Waals surface area contributed by atoms with Crippen molar-refractivity contribution >= 4 is 11.5 Å². The molecule has 0 radical (unpaired) electrons. The molecule has 1 N–H and O–H groups in total. The van der Waals surface area contributed by atoms with Crippen molar-refractivity contribution < 1.29 is 0 Å². The van der Waals surface area contributed by atoms with E-state index in [1.807, 2.05) is 27.1 Å². The van der Waals surface area contributed by atoms with E-state index < -0.39 is 0 Å². The van der Waals surface area contributed by atoms with E-state index in [1.165, 1.54) is 0 Å². The van der Waals surface area contributed by atoms with E-state index in [-0.39, 0.29) is 0 Å². The average Bonchev–Trinajstić information content (AvgIpc) is 2.64. The lowest BCUT2D eigenvalue weighted by atomic mass is 10.3. The lowest BCUT2D eigenvalue weighted by molar-refractivity contribution is 0.746. The van der Waals surface area contributed by atoms with Gasteiger partial charge in [0.25, 0.3) is 0 Å². The van der Waals surface area contributed by atoms with Gasteiger partial charge < -0.3 is 5.32 Å². The van der Waals surface area contributed by atoms with Crippen molar-refractivity contribution in [2.24, 2.45) is 7.05 Å². The molecule has 0 saturated heterocycles. The Morgan fingerprint density at radius 1 is 1.29 bits per heavy atom. The first-order valence-electron chi connectivity index (χ1n) is 5.70. The first kappa shape index (κ1) is 11.6. The Balaban J connectivity index is 2.27. The molecule has 2 aromatic rings. The summed E-state index contributed by atoms with van der Waals surface area (Å²) in [7, 11) is 1.91. The second-order valence-electron chi connectivity index (χ2n) is 4.07. The molecule has 0 atom stereocenters. The molecular formula is C12H17N5. The Morgan fingerprint density at radius 3 is 2.71 bits per heavy atom. The van der Waals surface area contributed by atoms with Crippen molar-refractivity contribution in [2.75, 3.05) is 5.32 Å². The topological polar surface area (TPSA) is 55.6 Å². The van der Waals surface area contributed by atoms with Gasteiger partial charge >= 0.3 is 0 Å². The maximum absolute atomic E-state index is 4.44. The summed E-state index contributed by atoms with van der Waals surface area (Å²) in [5, 5.41) is 7.63. The molecule has 0 aliphatic carbocycles. The lowest BCUT2D eigenvalue weighted by Gasteiger charge is -2.06. The maximum Gasteiger partial charge on any atom is 0.149 e. The Bertz CT molecular complexity index is 530. The van der Waals surface area contributed by atoms with Crippen LogP contribution in [0.2, 0.25) is 0 Å². The minimum Gasteiger partial charge on any atom is -0.336 e. The number of anilines is 2. The number of rotatable bonds is 3. The van der Waals surface area contributed by atoms with Crippen LogP contribution in [0.5, 0.6) is 0 Å². The third-order valence-corrected chi connectivity index (χ3v) is 2.70. The van der Waals surface area contributed by atoms with Crippen LogP contribution in [-0.4, -0.2) is 19.7 Å². The van der Waals surface area contributed by atoms with Gasteiger partial charge in [-0.3, -0.25) is 9.67 Å². The largest absolute Gasteiger partial charge is 0.336 e. The Hall–Kier alpha value is -1.91. The summed E-state index contributed by atoms with van der Waals surface area (Å²) in [5.74, 6) is 0.760. The zero-order chi connectivity index (χ0) is 12.4. The molecule has 0 bridgehead atoms. The zero-order valence-electron chi connectivity index (χ0n) is 10.7. The van der Waals surface area contributed by atoms with E-state index in [0.29, 0.717) is 0 Å². The monoisotopic (exact) mass is 231 g/mol. The third kappa shape index (κ3) is 2.43. The van der Waals surface area contributed by atoms with Crippen LogP contribution >= 0.6 is 0 Å². The highest BCUT2D eigenvalue weighted by molar-refractivity contribution is 5.57. The molecule has 0 unspecified atom stereocenters. The fourth-order valence-corrected chi connectivity index (χ4v) is 1.64. The van der Waals surface area contributed by atoms with E-state index in [9.17, 15) is 0 Å². The molecule has 2 rings (SSSR count). The second-order valence-corrected chi connectivity index (χ2v) is 4.07. The van der Waals surface area contributed by atoms with Crippen molar-refractivity contribution in [3.05, 3.63) is 29.5 Å². The van der Waals surface area contributed by atoms with Crippen molar-refractivity contribution in [1.29, 1.82) is 0 Å². The highest BCUT2D eigenvalue weighted by Crippen LogP contribution is 2.18. The maximum atomic E-state index is 4.44. The number of aromatic nitrogens is 4. The van der Waals surface area contributed by atoms with Crippen LogP contribution in [0.25, 0.3) is 0 Å². The summed E-state index contributed by atoms with van der Waals surface area (Å²) in [6, 6.07) is 0. The predicted molar refractivity (Wildman–Crippen MR) is 67.4 cm³/mol. The molecule has 17 heavy (non-hydrogen) atoms. The summed E-state index contributed by atoms with van der Waals surface area (Å²) in [5.41, 5.74) is 3.93. The molecule has 5 heteroatoms. The third-order valence-electron chi connectivity index (χ3n) is 2.70. The molecule has 0 saturated carbocycles. The summed E-state index contributed by atoms with van der Waals surface area (Å²) in [6.07, 6.45) is 4.59. The first-order chi connectivity index (χ1) is 8.10. The summed E-state index contributed by atoms with van der Waals surface area (Å²) in [4.78, 5) is 8.73. The lowest BCUT2D eigenvalue weighted by Crippen LogP contribution is -1.99. The van der Waals surface area contributed by atoms with Crippen LogP contribution in [0.3, 0.4) is 0 Å². The quantitative estimate of drug-likeness (QED) is 0.879. The average molecular weight is 231 g/mol. The van der Waals surface area contributed by atoms with Gasteiger partial charge in [-0.05, 0) is 20.3 Å². The molecule has 2 aromatic heterocycles. The van der Waals surface area contributed by atoms with Gasteiger partial charge in [-0.2, -0.15) is 5.10 Å². The van der Waals surface area contributed by atoms with Gasteiger partial charge in [-0.1, -0.05) is 6.92 Å².